The molecule has 0 aromatic carbocycles. The van der Waals surface area contributed by atoms with Crippen LogP contribution in [0.2, 0.25) is 0 Å². The van der Waals surface area contributed by atoms with Crippen molar-refractivity contribution >= 4 is 0 Å². The summed E-state index contributed by atoms with van der Waals surface area (Å²) < 4.78 is 21.8. The molecule has 6 heavy (non-hydrogen) atoms. The molecule has 0 aliphatic rings. The fourth-order valence-corrected chi connectivity index (χ4v) is 0.0592. The molecule has 0 aliphatic heterocycles. The molecular weight excluding hydrogens is 86.0 g/mol. The molecule has 33 valence electrons. The van der Waals surface area contributed by atoms with E-state index in [-0.39, 0.29) is 0 Å². The second-order valence-electron chi connectivity index (χ2n) is 0.700. The first kappa shape index (κ1) is 5.34. The van der Waals surface area contributed by atoms with Crippen LogP contribution in [-0.2, 0) is 0 Å². The van der Waals surface area contributed by atoms with Crippen LogP contribution in [-0.4, -0.2) is 0 Å². The highest BCUT2D eigenvalue weighted by molar-refractivity contribution is 4.99. The maximum absolute atomic E-state index is 11.1. The highest BCUT2D eigenvalue weighted by atomic mass is 19.1. The minimum absolute atomic E-state index is 0.514. The summed E-state index contributed by atoms with van der Waals surface area (Å²) in [6.07, 6.45) is 1.48. The van der Waals surface area contributed by atoms with Crippen LogP contribution in [0.15, 0.2) is 18.5 Å². The average Bonchev–Trinajstić information content (AvgIpc) is 1.35. The van der Waals surface area contributed by atoms with E-state index in [4.69, 9.17) is 0 Å². The Bertz CT molecular complexity index is 73.6. The Morgan fingerprint density at radius 3 is 2.33 bits per heavy atom. The van der Waals surface area contributed by atoms with Gasteiger partial charge in [0.2, 0.25) is 0 Å². The van der Waals surface area contributed by atoms with Crippen molar-refractivity contribution in [3.8, 4) is 0 Å². The van der Waals surface area contributed by atoms with Crippen molar-refractivity contribution in [1.29, 1.82) is 0 Å². The van der Waals surface area contributed by atoms with Gasteiger partial charge in [-0.05, 0) is 0 Å². The van der Waals surface area contributed by atoms with E-state index >= 15 is 0 Å². The molecular formula is C4H3F2. The Morgan fingerprint density at radius 2 is 2.33 bits per heavy atom. The second kappa shape index (κ2) is 2.57. The summed E-state index contributed by atoms with van der Waals surface area (Å²) in [4.78, 5) is 0. The lowest BCUT2D eigenvalue weighted by atomic mass is 10.6. The van der Waals surface area contributed by atoms with E-state index in [1.54, 1.807) is 0 Å². The summed E-state index contributed by atoms with van der Waals surface area (Å²) in [5, 5.41) is 0. The zero-order valence-corrected chi connectivity index (χ0v) is 3.04. The monoisotopic (exact) mass is 89.0 g/mol. The number of hydrogen-bond donors (Lipinski definition) is 0. The normalized spacial score (nSPS) is 9.67. The lowest BCUT2D eigenvalue weighted by Crippen LogP contribution is -1.50. The van der Waals surface area contributed by atoms with Gasteiger partial charge in [-0.2, -0.15) is 0 Å². The van der Waals surface area contributed by atoms with E-state index in [2.05, 4.69) is 6.58 Å². The van der Waals surface area contributed by atoms with E-state index in [1.807, 2.05) is 0 Å². The summed E-state index contributed by atoms with van der Waals surface area (Å²) >= 11 is 0. The molecule has 0 rings (SSSR count). The Balaban J connectivity index is 3.30. The molecule has 0 nitrogen and oxygen atoms in total. The standard InChI is InChI=1S/C4H3F2/c1-4(6)2-3-5/h2H,1H2. The Kier molecular flexibility index (Phi) is 2.29. The van der Waals surface area contributed by atoms with Gasteiger partial charge in [-0.15, -0.1) is 0 Å². The number of hydrogen-bond acceptors (Lipinski definition) is 0. The lowest BCUT2D eigenvalue weighted by molar-refractivity contribution is 0.642. The van der Waals surface area contributed by atoms with Crippen molar-refractivity contribution in [2.24, 2.45) is 0 Å². The number of halogens is 2. The van der Waals surface area contributed by atoms with Crippen LogP contribution in [0.3, 0.4) is 0 Å². The summed E-state index contributed by atoms with van der Waals surface area (Å²) in [6.45, 7) is 2.72. The Labute approximate surface area is 34.8 Å². The van der Waals surface area contributed by atoms with Gasteiger partial charge in [0.1, 0.15) is 5.83 Å². The summed E-state index contributed by atoms with van der Waals surface area (Å²) in [7, 11) is 0. The lowest BCUT2D eigenvalue weighted by Gasteiger charge is -1.67. The van der Waals surface area contributed by atoms with Crippen LogP contribution >= 0.6 is 0 Å². The minimum atomic E-state index is -0.822. The molecule has 0 fully saturated rings. The van der Waals surface area contributed by atoms with Crippen molar-refractivity contribution in [3.05, 3.63) is 24.8 Å². The molecule has 0 N–H and O–H groups in total. The quantitative estimate of drug-likeness (QED) is 0.429. The van der Waals surface area contributed by atoms with Gasteiger partial charge in [0, 0.05) is 6.08 Å². The van der Waals surface area contributed by atoms with Gasteiger partial charge in [-0.25, -0.2) is 8.78 Å². The van der Waals surface area contributed by atoms with Crippen LogP contribution in [0.5, 0.6) is 0 Å². The van der Waals surface area contributed by atoms with Gasteiger partial charge in [-0.1, -0.05) is 6.58 Å². The third kappa shape index (κ3) is 3.34. The minimum Gasteiger partial charge on any atom is -0.208 e. The zero-order chi connectivity index (χ0) is 4.99. The average molecular weight is 89.1 g/mol. The smallest absolute Gasteiger partial charge is 0.161 e. The van der Waals surface area contributed by atoms with Gasteiger partial charge < -0.3 is 0 Å². The zero-order valence-electron chi connectivity index (χ0n) is 3.04. The highest BCUT2D eigenvalue weighted by Crippen LogP contribution is 1.90. The van der Waals surface area contributed by atoms with E-state index in [9.17, 15) is 8.78 Å². The third-order valence-corrected chi connectivity index (χ3v) is 0.211. The predicted molar refractivity (Wildman–Crippen MR) is 19.2 cm³/mol. The van der Waals surface area contributed by atoms with Crippen LogP contribution in [0.1, 0.15) is 0 Å². The van der Waals surface area contributed by atoms with Crippen molar-refractivity contribution in [2.75, 3.05) is 0 Å². The SMILES string of the molecule is C=C(F)C=[C]F. The molecule has 2 heteroatoms. The fourth-order valence-electron chi connectivity index (χ4n) is 0.0592. The fraction of sp³-hybridized carbons (Fsp3) is 0. The topological polar surface area (TPSA) is 0 Å². The highest BCUT2D eigenvalue weighted by Gasteiger charge is 1.73. The van der Waals surface area contributed by atoms with Crippen LogP contribution in [0.25, 0.3) is 0 Å². The van der Waals surface area contributed by atoms with Crippen LogP contribution in [0, 0.1) is 6.33 Å². The van der Waals surface area contributed by atoms with Crippen molar-refractivity contribution < 1.29 is 8.78 Å². The van der Waals surface area contributed by atoms with Crippen molar-refractivity contribution in [1.82, 2.24) is 0 Å². The second-order valence-corrected chi connectivity index (χ2v) is 0.700. The summed E-state index contributed by atoms with van der Waals surface area (Å²) in [5.74, 6) is -0.822. The van der Waals surface area contributed by atoms with Crippen LogP contribution < -0.4 is 0 Å². The Hall–Kier alpha value is -0.660. The van der Waals surface area contributed by atoms with E-state index < -0.39 is 5.83 Å². The van der Waals surface area contributed by atoms with E-state index in [1.165, 1.54) is 0 Å². The van der Waals surface area contributed by atoms with Gasteiger partial charge >= 0.3 is 0 Å². The summed E-state index contributed by atoms with van der Waals surface area (Å²) in [6, 6.07) is 0. The molecule has 0 unspecified atom stereocenters. The molecule has 0 amide bonds. The largest absolute Gasteiger partial charge is 0.208 e. The molecule has 0 spiro atoms. The molecule has 0 heterocycles. The first-order chi connectivity index (χ1) is 2.77. The number of rotatable bonds is 1. The van der Waals surface area contributed by atoms with Gasteiger partial charge in [0.15, 0.2) is 6.33 Å². The van der Waals surface area contributed by atoms with Gasteiger partial charge in [0.25, 0.3) is 0 Å². The maximum Gasteiger partial charge on any atom is 0.161 e. The first-order valence-electron chi connectivity index (χ1n) is 1.31. The van der Waals surface area contributed by atoms with E-state index in [0.717, 1.165) is 6.33 Å². The molecule has 0 aliphatic carbocycles. The molecule has 0 aromatic rings. The molecule has 0 atom stereocenters. The first-order valence-corrected chi connectivity index (χ1v) is 1.31. The predicted octanol–water partition coefficient (Wildman–Crippen LogP) is 1.76. The van der Waals surface area contributed by atoms with Gasteiger partial charge in [0.05, 0.1) is 0 Å². The Morgan fingerprint density at radius 1 is 1.83 bits per heavy atom. The molecule has 0 saturated carbocycles. The number of allylic oxidation sites excluding steroid dienone is 2. The molecule has 0 bridgehead atoms. The maximum atomic E-state index is 11.1. The van der Waals surface area contributed by atoms with Crippen molar-refractivity contribution in [2.45, 2.75) is 0 Å². The van der Waals surface area contributed by atoms with Crippen molar-refractivity contribution in [3.63, 3.8) is 0 Å². The van der Waals surface area contributed by atoms with Gasteiger partial charge in [-0.3, -0.25) is 0 Å². The third-order valence-electron chi connectivity index (χ3n) is 0.211. The molecule has 1 radical (unpaired) electrons. The van der Waals surface area contributed by atoms with E-state index in [0.29, 0.717) is 6.08 Å². The molecule has 0 aromatic heterocycles. The summed E-state index contributed by atoms with van der Waals surface area (Å²) in [5.41, 5.74) is 0. The molecule has 0 saturated heterocycles. The van der Waals surface area contributed by atoms with Crippen LogP contribution in [0.4, 0.5) is 8.78 Å².